The molecule has 15 heavy (non-hydrogen) atoms. The molecule has 0 amide bonds. The first-order valence-corrected chi connectivity index (χ1v) is 5.20. The van der Waals surface area contributed by atoms with E-state index in [0.717, 1.165) is 21.7 Å². The third-order valence-corrected chi connectivity index (χ3v) is 3.07. The van der Waals surface area contributed by atoms with Crippen molar-refractivity contribution in [3.63, 3.8) is 0 Å². The van der Waals surface area contributed by atoms with E-state index in [-0.39, 0.29) is 5.76 Å². The summed E-state index contributed by atoms with van der Waals surface area (Å²) in [5.74, 6) is 0.229. The average Bonchev–Trinajstić information content (AvgIpc) is 2.33. The second-order valence-electron chi connectivity index (χ2n) is 3.61. The van der Waals surface area contributed by atoms with Gasteiger partial charge in [0.1, 0.15) is 5.76 Å². The van der Waals surface area contributed by atoms with Crippen LogP contribution >= 0.6 is 12.6 Å². The van der Waals surface area contributed by atoms with Crippen LogP contribution in [0, 0.1) is 0 Å². The van der Waals surface area contributed by atoms with Crippen molar-refractivity contribution in [1.29, 1.82) is 0 Å². The minimum absolute atomic E-state index is 0.229. The van der Waals surface area contributed by atoms with E-state index in [1.54, 1.807) is 0 Å². The molecular weight excluding hydrogens is 206 g/mol. The number of hydrogen-bond donors (Lipinski definition) is 3. The zero-order chi connectivity index (χ0) is 11.0. The second kappa shape index (κ2) is 3.66. The maximum Gasteiger partial charge on any atom is 0.141 e. The maximum atomic E-state index is 9.86. The Morgan fingerprint density at radius 2 is 2.20 bits per heavy atom. The highest BCUT2D eigenvalue weighted by molar-refractivity contribution is 7.80. The largest absolute Gasteiger partial charge is 0.506 e. The van der Waals surface area contributed by atoms with Crippen LogP contribution in [0.4, 0.5) is 0 Å². The van der Waals surface area contributed by atoms with Gasteiger partial charge in [0.2, 0.25) is 0 Å². The summed E-state index contributed by atoms with van der Waals surface area (Å²) in [4.78, 5) is 0.920. The summed E-state index contributed by atoms with van der Waals surface area (Å²) in [7, 11) is 0. The van der Waals surface area contributed by atoms with E-state index in [1.807, 2.05) is 25.1 Å². The third kappa shape index (κ3) is 1.63. The van der Waals surface area contributed by atoms with E-state index in [2.05, 4.69) is 24.5 Å². The van der Waals surface area contributed by atoms with Gasteiger partial charge in [0.15, 0.2) is 0 Å². The Morgan fingerprint density at radius 3 is 2.93 bits per heavy atom. The highest BCUT2D eigenvalue weighted by Gasteiger charge is 2.17. The fourth-order valence-electron chi connectivity index (χ4n) is 1.70. The first-order chi connectivity index (χ1) is 7.11. The lowest BCUT2D eigenvalue weighted by Crippen LogP contribution is -2.10. The van der Waals surface area contributed by atoms with Crippen molar-refractivity contribution in [1.82, 2.24) is 5.32 Å². The van der Waals surface area contributed by atoms with Crippen LogP contribution in [0.15, 0.2) is 41.1 Å². The van der Waals surface area contributed by atoms with Gasteiger partial charge in [-0.25, -0.2) is 0 Å². The first-order valence-electron chi connectivity index (χ1n) is 4.75. The molecule has 78 valence electrons. The number of allylic oxidation sites excluding steroid dienone is 2. The van der Waals surface area contributed by atoms with Crippen molar-refractivity contribution in [2.45, 2.75) is 18.4 Å². The van der Waals surface area contributed by atoms with E-state index < -0.39 is 0 Å². The number of thiol groups is 1. The number of hydrogen-bond acceptors (Lipinski definition) is 3. The van der Waals surface area contributed by atoms with Gasteiger partial charge in [-0.2, -0.15) is 0 Å². The minimum atomic E-state index is 0.229. The summed E-state index contributed by atoms with van der Waals surface area (Å²) in [5, 5.41) is 13.0. The number of benzene rings is 1. The number of rotatable bonds is 0. The van der Waals surface area contributed by atoms with Crippen molar-refractivity contribution in [3.8, 4) is 0 Å². The number of aliphatic hydroxyl groups excluding tert-OH is 1. The van der Waals surface area contributed by atoms with Crippen molar-refractivity contribution in [3.05, 3.63) is 47.4 Å². The minimum Gasteiger partial charge on any atom is -0.506 e. The molecule has 1 aromatic rings. The molecule has 0 atom stereocenters. The van der Waals surface area contributed by atoms with E-state index in [4.69, 9.17) is 0 Å². The van der Waals surface area contributed by atoms with E-state index in [9.17, 15) is 5.11 Å². The SMILES string of the molecule is C=C1C(O)=C(C)NCc2c(S)cccc21. The molecule has 0 unspecified atom stereocenters. The zero-order valence-corrected chi connectivity index (χ0v) is 9.44. The lowest BCUT2D eigenvalue weighted by Gasteiger charge is -2.09. The number of nitrogens with one attached hydrogen (secondary N) is 1. The van der Waals surface area contributed by atoms with Gasteiger partial charge in [-0.1, -0.05) is 18.7 Å². The molecule has 1 aromatic carbocycles. The molecule has 0 saturated heterocycles. The lowest BCUT2D eigenvalue weighted by molar-refractivity contribution is 0.426. The topological polar surface area (TPSA) is 32.3 Å². The summed E-state index contributed by atoms with van der Waals surface area (Å²) >= 11 is 4.40. The molecule has 0 spiro atoms. The summed E-state index contributed by atoms with van der Waals surface area (Å²) in [6, 6.07) is 5.81. The van der Waals surface area contributed by atoms with Crippen molar-refractivity contribution in [2.75, 3.05) is 0 Å². The van der Waals surface area contributed by atoms with E-state index in [0.29, 0.717) is 12.1 Å². The Kier molecular flexibility index (Phi) is 2.49. The summed E-state index contributed by atoms with van der Waals surface area (Å²) in [6.07, 6.45) is 0. The maximum absolute atomic E-state index is 9.86. The molecule has 1 aliphatic heterocycles. The van der Waals surface area contributed by atoms with Crippen LogP contribution in [-0.2, 0) is 6.54 Å². The van der Waals surface area contributed by atoms with Crippen LogP contribution in [0.3, 0.4) is 0 Å². The Morgan fingerprint density at radius 1 is 1.47 bits per heavy atom. The van der Waals surface area contributed by atoms with Crippen molar-refractivity contribution < 1.29 is 5.11 Å². The molecule has 0 radical (unpaired) electrons. The quantitative estimate of drug-likeness (QED) is 0.586. The molecular formula is C12H13NOS. The molecule has 0 fully saturated rings. The van der Waals surface area contributed by atoms with Crippen LogP contribution in [0.25, 0.3) is 5.57 Å². The molecule has 0 aromatic heterocycles. The van der Waals surface area contributed by atoms with Crippen LogP contribution in [0.2, 0.25) is 0 Å². The van der Waals surface area contributed by atoms with Gasteiger partial charge in [0.05, 0.1) is 5.70 Å². The summed E-state index contributed by atoms with van der Waals surface area (Å²) < 4.78 is 0. The summed E-state index contributed by atoms with van der Waals surface area (Å²) in [6.45, 7) is 6.41. The van der Waals surface area contributed by atoms with Gasteiger partial charge in [0, 0.05) is 17.0 Å². The van der Waals surface area contributed by atoms with Gasteiger partial charge < -0.3 is 10.4 Å². The second-order valence-corrected chi connectivity index (χ2v) is 4.09. The molecule has 3 heteroatoms. The molecule has 0 saturated carbocycles. The predicted molar refractivity (Wildman–Crippen MR) is 64.9 cm³/mol. The molecule has 2 rings (SSSR count). The number of fused-ring (bicyclic) bond motifs is 1. The Labute approximate surface area is 94.7 Å². The van der Waals surface area contributed by atoms with Gasteiger partial charge in [0.25, 0.3) is 0 Å². The Balaban J connectivity index is 2.61. The van der Waals surface area contributed by atoms with E-state index >= 15 is 0 Å². The molecule has 0 bridgehead atoms. The van der Waals surface area contributed by atoms with Crippen LogP contribution in [0.5, 0.6) is 0 Å². The molecule has 1 heterocycles. The van der Waals surface area contributed by atoms with E-state index in [1.165, 1.54) is 0 Å². The molecule has 2 N–H and O–H groups in total. The number of aliphatic hydroxyl groups is 1. The third-order valence-electron chi connectivity index (χ3n) is 2.65. The Hall–Kier alpha value is -1.35. The van der Waals surface area contributed by atoms with Crippen LogP contribution < -0.4 is 5.32 Å². The van der Waals surface area contributed by atoms with Gasteiger partial charge >= 0.3 is 0 Å². The molecule has 0 aliphatic carbocycles. The smallest absolute Gasteiger partial charge is 0.141 e. The monoisotopic (exact) mass is 219 g/mol. The van der Waals surface area contributed by atoms with Crippen molar-refractivity contribution >= 4 is 18.2 Å². The fraction of sp³-hybridized carbons (Fsp3) is 0.167. The lowest BCUT2D eigenvalue weighted by atomic mass is 10.0. The summed E-state index contributed by atoms with van der Waals surface area (Å²) in [5.41, 5.74) is 3.45. The molecule has 1 aliphatic rings. The van der Waals surface area contributed by atoms with Crippen LogP contribution in [0.1, 0.15) is 18.1 Å². The highest BCUT2D eigenvalue weighted by atomic mass is 32.1. The van der Waals surface area contributed by atoms with Gasteiger partial charge in [-0.3, -0.25) is 0 Å². The standard InChI is InChI=1S/C12H13NOS/c1-7-9-4-3-5-11(15)10(9)6-13-8(2)12(7)14/h3-5,13-15H,1,6H2,2H3. The Bertz CT molecular complexity index is 463. The first kappa shape index (κ1) is 10.2. The fourth-order valence-corrected chi connectivity index (χ4v) is 1.99. The normalized spacial score (nSPS) is 15.7. The van der Waals surface area contributed by atoms with Crippen molar-refractivity contribution in [2.24, 2.45) is 0 Å². The predicted octanol–water partition coefficient (Wildman–Crippen LogP) is 2.88. The van der Waals surface area contributed by atoms with Crippen LogP contribution in [-0.4, -0.2) is 5.11 Å². The van der Waals surface area contributed by atoms with Gasteiger partial charge in [-0.15, -0.1) is 12.6 Å². The van der Waals surface area contributed by atoms with Gasteiger partial charge in [-0.05, 0) is 24.1 Å². The highest BCUT2D eigenvalue weighted by Crippen LogP contribution is 2.30. The zero-order valence-electron chi connectivity index (χ0n) is 8.54. The molecule has 2 nitrogen and oxygen atoms in total. The average molecular weight is 219 g/mol.